The minimum absolute atomic E-state index is 0.0331. The van der Waals surface area contributed by atoms with Crippen LogP contribution in [0.2, 0.25) is 0 Å². The summed E-state index contributed by atoms with van der Waals surface area (Å²) in [4.78, 5) is 18.9. The zero-order chi connectivity index (χ0) is 21.7. The molecule has 2 aromatic carbocycles. The Kier molecular flexibility index (Phi) is 6.16. The van der Waals surface area contributed by atoms with Gasteiger partial charge in [0.2, 0.25) is 0 Å². The van der Waals surface area contributed by atoms with E-state index in [4.69, 9.17) is 15.7 Å². The molecule has 1 unspecified atom stereocenters. The van der Waals surface area contributed by atoms with E-state index in [0.717, 1.165) is 0 Å². The molecule has 0 bridgehead atoms. The molecule has 9 heteroatoms. The number of carbonyl (C=O) groups is 1. The van der Waals surface area contributed by atoms with Crippen molar-refractivity contribution in [1.29, 1.82) is 5.26 Å². The molecule has 0 spiro atoms. The Labute approximate surface area is 172 Å². The number of hydrogen-bond donors (Lipinski definition) is 1. The lowest BCUT2D eigenvalue weighted by Gasteiger charge is -2.26. The Morgan fingerprint density at radius 3 is 2.53 bits per heavy atom. The second-order valence-electron chi connectivity index (χ2n) is 6.59. The van der Waals surface area contributed by atoms with Crippen molar-refractivity contribution >= 4 is 11.9 Å². The minimum atomic E-state index is -2.95. The molecule has 0 saturated heterocycles. The monoisotopic (exact) mass is 414 g/mol. The van der Waals surface area contributed by atoms with Crippen molar-refractivity contribution in [1.82, 2.24) is 4.90 Å². The number of nitriles is 1. The van der Waals surface area contributed by atoms with Crippen LogP contribution >= 0.6 is 0 Å². The van der Waals surface area contributed by atoms with Gasteiger partial charge in [0.05, 0.1) is 12.7 Å². The number of amides is 1. The number of ether oxygens (including phenoxy) is 2. The molecule has 1 amide bonds. The molecule has 1 atom stereocenters. The van der Waals surface area contributed by atoms with Crippen LogP contribution in [0.4, 0.5) is 8.78 Å². The Morgan fingerprint density at radius 1 is 1.20 bits per heavy atom. The first-order valence-corrected chi connectivity index (χ1v) is 9.17. The van der Waals surface area contributed by atoms with Crippen LogP contribution in [-0.4, -0.2) is 37.0 Å². The predicted octanol–water partition coefficient (Wildman–Crippen LogP) is 3.00. The van der Waals surface area contributed by atoms with E-state index in [1.807, 2.05) is 0 Å². The van der Waals surface area contributed by atoms with Crippen LogP contribution in [0, 0.1) is 11.3 Å². The molecule has 1 heterocycles. The second-order valence-corrected chi connectivity index (χ2v) is 6.59. The zero-order valence-corrected chi connectivity index (χ0v) is 16.2. The van der Waals surface area contributed by atoms with Crippen molar-refractivity contribution in [2.45, 2.75) is 25.0 Å². The summed E-state index contributed by atoms with van der Waals surface area (Å²) in [6.07, 6.45) is 0.949. The lowest BCUT2D eigenvalue weighted by Crippen LogP contribution is -2.41. The van der Waals surface area contributed by atoms with Crippen molar-refractivity contribution in [2.75, 3.05) is 13.7 Å². The first-order chi connectivity index (χ1) is 14.4. The number of hydrogen-bond acceptors (Lipinski definition) is 6. The van der Waals surface area contributed by atoms with E-state index in [-0.39, 0.29) is 17.6 Å². The molecule has 30 heavy (non-hydrogen) atoms. The lowest BCUT2D eigenvalue weighted by atomic mass is 9.82. The highest BCUT2D eigenvalue weighted by Gasteiger charge is 2.49. The van der Waals surface area contributed by atoms with Gasteiger partial charge in [0.1, 0.15) is 11.5 Å². The van der Waals surface area contributed by atoms with Crippen molar-refractivity contribution in [3.8, 4) is 17.6 Å². The highest BCUT2D eigenvalue weighted by atomic mass is 19.3. The zero-order valence-electron chi connectivity index (χ0n) is 16.2. The molecule has 2 N–H and O–H groups in total. The predicted molar refractivity (Wildman–Crippen MR) is 105 cm³/mol. The van der Waals surface area contributed by atoms with E-state index in [2.05, 4.69) is 15.8 Å². The SMILES string of the molecule is CN1C(=O)C(c2ccc(OC(F)F)cc2)(c2cccc(OCCCC#N)c2)N=C1N. The Hall–Kier alpha value is -3.67. The number of benzene rings is 2. The van der Waals surface area contributed by atoms with Crippen molar-refractivity contribution < 1.29 is 23.0 Å². The van der Waals surface area contributed by atoms with Crippen LogP contribution in [0.3, 0.4) is 0 Å². The van der Waals surface area contributed by atoms with Crippen molar-refractivity contribution in [3.63, 3.8) is 0 Å². The van der Waals surface area contributed by atoms with E-state index in [9.17, 15) is 13.6 Å². The summed E-state index contributed by atoms with van der Waals surface area (Å²) in [5.74, 6) is 0.130. The summed E-state index contributed by atoms with van der Waals surface area (Å²) in [7, 11) is 1.51. The number of unbranched alkanes of at least 4 members (excludes halogenated alkanes) is 1. The number of guanidine groups is 1. The van der Waals surface area contributed by atoms with Gasteiger partial charge in [-0.05, 0) is 41.8 Å². The molecule has 0 saturated carbocycles. The third-order valence-electron chi connectivity index (χ3n) is 4.69. The maximum atomic E-state index is 13.2. The highest BCUT2D eigenvalue weighted by Crippen LogP contribution is 2.40. The van der Waals surface area contributed by atoms with Crippen molar-refractivity contribution in [2.24, 2.45) is 10.7 Å². The molecule has 0 fully saturated rings. The van der Waals surface area contributed by atoms with Crippen LogP contribution in [0.15, 0.2) is 53.5 Å². The largest absolute Gasteiger partial charge is 0.494 e. The molecule has 1 aliphatic rings. The van der Waals surface area contributed by atoms with Gasteiger partial charge in [-0.25, -0.2) is 4.99 Å². The lowest BCUT2D eigenvalue weighted by molar-refractivity contribution is -0.129. The van der Waals surface area contributed by atoms with E-state index in [0.29, 0.717) is 36.3 Å². The summed E-state index contributed by atoms with van der Waals surface area (Å²) in [6.45, 7) is -2.60. The second kappa shape index (κ2) is 8.78. The van der Waals surface area contributed by atoms with Crippen LogP contribution in [-0.2, 0) is 10.3 Å². The van der Waals surface area contributed by atoms with Crippen molar-refractivity contribution in [3.05, 3.63) is 59.7 Å². The number of aliphatic imine (C=N–C) groups is 1. The van der Waals surface area contributed by atoms with Crippen LogP contribution < -0.4 is 15.2 Å². The maximum absolute atomic E-state index is 13.2. The summed E-state index contributed by atoms with van der Waals surface area (Å²) in [5.41, 5.74) is 5.42. The summed E-state index contributed by atoms with van der Waals surface area (Å²) in [5, 5.41) is 8.63. The molecule has 2 aromatic rings. The van der Waals surface area contributed by atoms with Gasteiger partial charge in [-0.15, -0.1) is 0 Å². The molecule has 0 aromatic heterocycles. The number of rotatable bonds is 8. The van der Waals surface area contributed by atoms with Gasteiger partial charge in [0, 0.05) is 13.5 Å². The van der Waals surface area contributed by atoms with E-state index >= 15 is 0 Å². The third kappa shape index (κ3) is 4.03. The standard InChI is InChI=1S/C21H20F2N4O3/c1-27-18(28)21(26-20(27)25,14-7-9-16(10-8-14)30-19(22)23)15-5-4-6-17(13-15)29-12-3-2-11-24/h4-10,13,19H,2-3,12H2,1H3,(H2,25,26). The highest BCUT2D eigenvalue weighted by molar-refractivity contribution is 6.08. The summed E-state index contributed by atoms with van der Waals surface area (Å²) in [6, 6.07) is 14.6. The van der Waals surface area contributed by atoms with Gasteiger partial charge in [-0.3, -0.25) is 9.69 Å². The fourth-order valence-electron chi connectivity index (χ4n) is 3.21. The average molecular weight is 414 g/mol. The fraction of sp³-hybridized carbons (Fsp3) is 0.286. The number of alkyl halides is 2. The topological polar surface area (TPSA) is 101 Å². The van der Waals surface area contributed by atoms with Gasteiger partial charge >= 0.3 is 6.61 Å². The van der Waals surface area contributed by atoms with E-state index in [1.165, 1.54) is 36.2 Å². The minimum Gasteiger partial charge on any atom is -0.494 e. The molecule has 7 nitrogen and oxygen atoms in total. The summed E-state index contributed by atoms with van der Waals surface area (Å²) >= 11 is 0. The third-order valence-corrected chi connectivity index (χ3v) is 4.69. The normalized spacial score (nSPS) is 18.3. The molecular formula is C21H20F2N4O3. The Balaban J connectivity index is 2.01. The van der Waals surface area contributed by atoms with Crippen LogP contribution in [0.5, 0.6) is 11.5 Å². The maximum Gasteiger partial charge on any atom is 0.387 e. The van der Waals surface area contributed by atoms with Gasteiger partial charge in [0.15, 0.2) is 11.5 Å². The first-order valence-electron chi connectivity index (χ1n) is 9.17. The van der Waals surface area contributed by atoms with Gasteiger partial charge in [-0.1, -0.05) is 24.3 Å². The molecule has 0 aliphatic carbocycles. The van der Waals surface area contributed by atoms with Gasteiger partial charge in [-0.2, -0.15) is 14.0 Å². The quantitative estimate of drug-likeness (QED) is 0.669. The molecule has 0 radical (unpaired) electrons. The molecule has 3 rings (SSSR count). The number of nitrogens with zero attached hydrogens (tertiary/aromatic N) is 3. The average Bonchev–Trinajstić information content (AvgIpc) is 2.96. The number of halogens is 2. The Morgan fingerprint density at radius 2 is 1.93 bits per heavy atom. The van der Waals surface area contributed by atoms with Gasteiger partial charge < -0.3 is 15.2 Å². The molecule has 1 aliphatic heterocycles. The number of likely N-dealkylation sites (N-methyl/N-ethyl adjacent to an activating group) is 1. The molecular weight excluding hydrogens is 394 g/mol. The first kappa shape index (κ1) is 21.0. The molecule has 156 valence electrons. The van der Waals surface area contributed by atoms with E-state index in [1.54, 1.807) is 24.3 Å². The van der Waals surface area contributed by atoms with Crippen LogP contribution in [0.1, 0.15) is 24.0 Å². The smallest absolute Gasteiger partial charge is 0.387 e. The van der Waals surface area contributed by atoms with E-state index < -0.39 is 12.2 Å². The summed E-state index contributed by atoms with van der Waals surface area (Å²) < 4.78 is 35.0. The fourth-order valence-corrected chi connectivity index (χ4v) is 3.21. The van der Waals surface area contributed by atoms with Gasteiger partial charge in [0.25, 0.3) is 5.91 Å². The number of carbonyl (C=O) groups excluding carboxylic acids is 1. The Bertz CT molecular complexity index is 988. The van der Waals surface area contributed by atoms with Crippen LogP contribution in [0.25, 0.3) is 0 Å². The number of nitrogens with two attached hydrogens (primary N) is 1.